The van der Waals surface area contributed by atoms with Gasteiger partial charge in [0, 0.05) is 15.9 Å². The topological polar surface area (TPSA) is 38.1 Å². The molecule has 2 aromatic rings. The molecule has 4 heteroatoms. The fourth-order valence-corrected chi connectivity index (χ4v) is 5.08. The molecule has 1 aliphatic heterocycles. The highest BCUT2D eigenvalue weighted by molar-refractivity contribution is 7.10. The number of aliphatic hydroxyl groups excluding tert-OH is 1. The average Bonchev–Trinajstić information content (AvgIpc) is 3.11. The van der Waals surface area contributed by atoms with E-state index in [1.165, 1.54) is 35.4 Å². The minimum Gasteiger partial charge on any atom is -0.396 e. The van der Waals surface area contributed by atoms with E-state index in [-0.39, 0.29) is 12.0 Å². The zero-order valence-corrected chi connectivity index (χ0v) is 11.7. The number of aromatic nitrogens is 2. The molecule has 1 atom stereocenters. The Labute approximate surface area is 116 Å². The van der Waals surface area contributed by atoms with Crippen LogP contribution in [0.4, 0.5) is 0 Å². The van der Waals surface area contributed by atoms with Crippen molar-refractivity contribution in [3.8, 4) is 11.3 Å². The van der Waals surface area contributed by atoms with E-state index in [1.807, 2.05) is 23.9 Å². The van der Waals surface area contributed by atoms with Crippen LogP contribution >= 0.6 is 11.3 Å². The van der Waals surface area contributed by atoms with Crippen LogP contribution in [0, 0.1) is 5.41 Å². The van der Waals surface area contributed by atoms with Gasteiger partial charge in [-0.1, -0.05) is 19.3 Å². The summed E-state index contributed by atoms with van der Waals surface area (Å²) in [5.74, 6) is 0. The standard InChI is InChI=1S/C15H18N2OS/c18-9-15(5-2-1-3-6-15)14-13-11(4-7-19-13)12-8-16-10-17(12)14/h4,7-8,10,14,18H,1-3,5-6,9H2/t14-/m0/s1. The first-order chi connectivity index (χ1) is 9.36. The largest absolute Gasteiger partial charge is 0.396 e. The van der Waals surface area contributed by atoms with Gasteiger partial charge in [-0.2, -0.15) is 0 Å². The van der Waals surface area contributed by atoms with Crippen molar-refractivity contribution < 1.29 is 5.11 Å². The molecule has 0 radical (unpaired) electrons. The lowest BCUT2D eigenvalue weighted by Gasteiger charge is -2.41. The second-order valence-corrected chi connectivity index (χ2v) is 6.82. The molecule has 1 aliphatic carbocycles. The molecule has 100 valence electrons. The summed E-state index contributed by atoms with van der Waals surface area (Å²) in [6.07, 6.45) is 9.94. The molecule has 3 nitrogen and oxygen atoms in total. The number of hydrogen-bond acceptors (Lipinski definition) is 3. The maximum Gasteiger partial charge on any atom is 0.0957 e. The van der Waals surface area contributed by atoms with Crippen molar-refractivity contribution in [1.29, 1.82) is 0 Å². The van der Waals surface area contributed by atoms with Gasteiger partial charge >= 0.3 is 0 Å². The highest BCUT2D eigenvalue weighted by Gasteiger charge is 2.46. The molecule has 1 N–H and O–H groups in total. The van der Waals surface area contributed by atoms with Gasteiger partial charge in [-0.15, -0.1) is 11.3 Å². The summed E-state index contributed by atoms with van der Waals surface area (Å²) in [6, 6.07) is 2.49. The summed E-state index contributed by atoms with van der Waals surface area (Å²) in [7, 11) is 0. The third-order valence-electron chi connectivity index (χ3n) is 4.91. The molecular weight excluding hydrogens is 256 g/mol. The molecule has 19 heavy (non-hydrogen) atoms. The lowest BCUT2D eigenvalue weighted by atomic mass is 9.69. The monoisotopic (exact) mass is 274 g/mol. The first-order valence-corrected chi connectivity index (χ1v) is 7.94. The van der Waals surface area contributed by atoms with E-state index < -0.39 is 0 Å². The van der Waals surface area contributed by atoms with Gasteiger partial charge in [0.15, 0.2) is 0 Å². The maximum atomic E-state index is 10.1. The summed E-state index contributed by atoms with van der Waals surface area (Å²) >= 11 is 1.83. The van der Waals surface area contributed by atoms with Gasteiger partial charge in [0.25, 0.3) is 0 Å². The third kappa shape index (κ3) is 1.50. The van der Waals surface area contributed by atoms with E-state index in [0.29, 0.717) is 6.04 Å². The molecule has 0 aromatic carbocycles. The number of hydrogen-bond donors (Lipinski definition) is 1. The van der Waals surface area contributed by atoms with Crippen LogP contribution in [-0.4, -0.2) is 21.3 Å². The minimum absolute atomic E-state index is 0.0177. The van der Waals surface area contributed by atoms with Gasteiger partial charge in [0.05, 0.1) is 30.9 Å². The summed E-state index contributed by atoms with van der Waals surface area (Å²) in [5.41, 5.74) is 2.56. The number of thiophene rings is 1. The van der Waals surface area contributed by atoms with Crippen LogP contribution in [0.25, 0.3) is 11.3 Å². The van der Waals surface area contributed by atoms with Gasteiger partial charge in [0.2, 0.25) is 0 Å². The molecule has 0 saturated heterocycles. The molecule has 3 heterocycles. The zero-order valence-electron chi connectivity index (χ0n) is 10.9. The smallest absolute Gasteiger partial charge is 0.0957 e. The molecule has 2 aliphatic rings. The summed E-state index contributed by atoms with van der Waals surface area (Å²) in [4.78, 5) is 5.74. The van der Waals surface area contributed by atoms with Crippen LogP contribution in [0.15, 0.2) is 24.0 Å². The fraction of sp³-hybridized carbons (Fsp3) is 0.533. The third-order valence-corrected chi connectivity index (χ3v) is 5.88. The quantitative estimate of drug-likeness (QED) is 0.910. The molecular formula is C15H18N2OS. The number of nitrogens with zero attached hydrogens (tertiary/aromatic N) is 2. The van der Waals surface area contributed by atoms with Crippen molar-refractivity contribution in [2.45, 2.75) is 38.1 Å². The van der Waals surface area contributed by atoms with Crippen LogP contribution in [0.3, 0.4) is 0 Å². The van der Waals surface area contributed by atoms with E-state index in [2.05, 4.69) is 21.0 Å². The number of aliphatic hydroxyl groups is 1. The predicted octanol–water partition coefficient (Wildman–Crippen LogP) is 3.46. The SMILES string of the molecule is OCC1([C@@H]2c3sccc3-c3cncn32)CCCCC1. The van der Waals surface area contributed by atoms with E-state index in [1.54, 1.807) is 0 Å². The highest BCUT2D eigenvalue weighted by Crippen LogP contribution is 2.55. The van der Waals surface area contributed by atoms with Gasteiger partial charge in [0.1, 0.15) is 0 Å². The Morgan fingerprint density at radius 2 is 2.21 bits per heavy atom. The molecule has 0 unspecified atom stereocenters. The average molecular weight is 274 g/mol. The molecule has 1 saturated carbocycles. The molecule has 0 bridgehead atoms. The van der Waals surface area contributed by atoms with Gasteiger partial charge in [-0.25, -0.2) is 4.98 Å². The number of imidazole rings is 1. The zero-order chi connectivity index (χ0) is 12.9. The maximum absolute atomic E-state index is 10.1. The van der Waals surface area contributed by atoms with Crippen molar-refractivity contribution in [1.82, 2.24) is 9.55 Å². The Hall–Kier alpha value is -1.13. The van der Waals surface area contributed by atoms with Gasteiger partial charge in [-0.3, -0.25) is 0 Å². The van der Waals surface area contributed by atoms with E-state index in [9.17, 15) is 5.11 Å². The fourth-order valence-electron chi connectivity index (χ4n) is 3.94. The molecule has 0 amide bonds. The molecule has 4 rings (SSSR count). The number of fused-ring (bicyclic) bond motifs is 3. The summed E-state index contributed by atoms with van der Waals surface area (Å²) in [5, 5.41) is 12.3. The second-order valence-electron chi connectivity index (χ2n) is 5.87. The van der Waals surface area contributed by atoms with Crippen LogP contribution in [0.5, 0.6) is 0 Å². The van der Waals surface area contributed by atoms with E-state index in [4.69, 9.17) is 0 Å². The van der Waals surface area contributed by atoms with Gasteiger partial charge < -0.3 is 9.67 Å². The van der Waals surface area contributed by atoms with Crippen molar-refractivity contribution in [2.75, 3.05) is 6.61 Å². The van der Waals surface area contributed by atoms with Crippen molar-refractivity contribution in [2.24, 2.45) is 5.41 Å². The van der Waals surface area contributed by atoms with E-state index >= 15 is 0 Å². The molecule has 0 spiro atoms. The summed E-state index contributed by atoms with van der Waals surface area (Å²) < 4.78 is 2.29. The van der Waals surface area contributed by atoms with Crippen molar-refractivity contribution in [3.63, 3.8) is 0 Å². The predicted molar refractivity (Wildman–Crippen MR) is 76.3 cm³/mol. The number of rotatable bonds is 2. The molecule has 2 aromatic heterocycles. The van der Waals surface area contributed by atoms with E-state index in [0.717, 1.165) is 12.8 Å². The second kappa shape index (κ2) is 4.18. The summed E-state index contributed by atoms with van der Waals surface area (Å²) in [6.45, 7) is 0.284. The lowest BCUT2D eigenvalue weighted by molar-refractivity contribution is 0.0474. The van der Waals surface area contributed by atoms with Crippen molar-refractivity contribution in [3.05, 3.63) is 28.8 Å². The van der Waals surface area contributed by atoms with Crippen LogP contribution < -0.4 is 0 Å². The molecule has 1 fully saturated rings. The first kappa shape index (κ1) is 11.7. The Balaban J connectivity index is 1.87. The Morgan fingerprint density at radius 1 is 1.37 bits per heavy atom. The highest BCUT2D eigenvalue weighted by atomic mass is 32.1. The van der Waals surface area contributed by atoms with Crippen LogP contribution in [0.2, 0.25) is 0 Å². The first-order valence-electron chi connectivity index (χ1n) is 7.06. The minimum atomic E-state index is 0.0177. The lowest BCUT2D eigenvalue weighted by Crippen LogP contribution is -2.37. The van der Waals surface area contributed by atoms with Crippen molar-refractivity contribution >= 4 is 11.3 Å². The van der Waals surface area contributed by atoms with Gasteiger partial charge in [-0.05, 0) is 24.3 Å². The van der Waals surface area contributed by atoms with Crippen LogP contribution in [0.1, 0.15) is 43.0 Å². The Bertz CT molecular complexity index is 555. The Morgan fingerprint density at radius 3 is 3.00 bits per heavy atom. The normalized spacial score (nSPS) is 24.2. The van der Waals surface area contributed by atoms with Crippen LogP contribution in [-0.2, 0) is 0 Å². The Kier molecular flexibility index (Phi) is 2.57.